The number of hydrogen-bond acceptors (Lipinski definition) is 1. The Kier molecular flexibility index (Phi) is 2.84. The van der Waals surface area contributed by atoms with Crippen molar-refractivity contribution in [2.75, 3.05) is 0 Å². The van der Waals surface area contributed by atoms with E-state index < -0.39 is 0 Å². The Morgan fingerprint density at radius 3 is 2.56 bits per heavy atom. The van der Waals surface area contributed by atoms with Crippen molar-refractivity contribution in [2.24, 2.45) is 0 Å². The van der Waals surface area contributed by atoms with Gasteiger partial charge in [0.2, 0.25) is 0 Å². The molecule has 0 fully saturated rings. The van der Waals surface area contributed by atoms with Gasteiger partial charge in [-0.3, -0.25) is 4.57 Å². The Bertz CT molecular complexity index is 786. The molecule has 1 aromatic heterocycles. The van der Waals surface area contributed by atoms with Crippen LogP contribution in [0.15, 0.2) is 47.1 Å². The van der Waals surface area contributed by atoms with Crippen molar-refractivity contribution in [2.45, 2.75) is 6.92 Å². The Hall–Kier alpha value is -1.39. The molecule has 1 N–H and O–H groups in total. The Balaban J connectivity index is 2.22. The summed E-state index contributed by atoms with van der Waals surface area (Å²) in [6.07, 6.45) is 2.02. The maximum Gasteiger partial charge on any atom is 0.181 e. The highest BCUT2D eigenvalue weighted by molar-refractivity contribution is 9.10. The summed E-state index contributed by atoms with van der Waals surface area (Å²) in [7, 11) is 0. The molecule has 3 rings (SSSR count). The van der Waals surface area contributed by atoms with Gasteiger partial charge in [0.05, 0.1) is 0 Å². The van der Waals surface area contributed by atoms with Gasteiger partial charge in [0, 0.05) is 22.1 Å². The highest BCUT2D eigenvalue weighted by Crippen LogP contribution is 2.22. The van der Waals surface area contributed by atoms with Gasteiger partial charge in [-0.25, -0.2) is 0 Å². The van der Waals surface area contributed by atoms with Crippen molar-refractivity contribution in [3.63, 3.8) is 0 Å². The van der Waals surface area contributed by atoms with Crippen molar-refractivity contribution >= 4 is 38.9 Å². The molecule has 0 saturated heterocycles. The molecule has 2 nitrogen and oxygen atoms in total. The molecule has 0 unspecified atom stereocenters. The lowest BCUT2D eigenvalue weighted by molar-refractivity contribution is 1.03. The zero-order valence-corrected chi connectivity index (χ0v) is 12.2. The Morgan fingerprint density at radius 2 is 1.83 bits per heavy atom. The summed E-state index contributed by atoms with van der Waals surface area (Å²) in [4.78, 5) is 3.13. The SMILES string of the molecule is Cc1cn(-c2ccc3cc(Br)ccc3c2)c(=S)[nH]1. The third-order valence-electron chi connectivity index (χ3n) is 2.91. The largest absolute Gasteiger partial charge is 0.335 e. The van der Waals surface area contributed by atoms with Crippen LogP contribution < -0.4 is 0 Å². The van der Waals surface area contributed by atoms with E-state index in [9.17, 15) is 0 Å². The second-order valence-corrected chi connectivity index (χ2v) is 5.59. The van der Waals surface area contributed by atoms with Gasteiger partial charge in [0.25, 0.3) is 0 Å². The average Bonchev–Trinajstić information content (AvgIpc) is 2.68. The number of nitrogens with one attached hydrogen (secondary N) is 1. The van der Waals surface area contributed by atoms with Gasteiger partial charge in [0.15, 0.2) is 4.77 Å². The Morgan fingerprint density at radius 1 is 1.11 bits per heavy atom. The van der Waals surface area contributed by atoms with E-state index in [1.54, 1.807) is 0 Å². The predicted octanol–water partition coefficient (Wildman–Crippen LogP) is 4.76. The first kappa shape index (κ1) is 11.7. The van der Waals surface area contributed by atoms with Crippen LogP contribution in [0.2, 0.25) is 0 Å². The van der Waals surface area contributed by atoms with Crippen LogP contribution in [0.5, 0.6) is 0 Å². The fourth-order valence-corrected chi connectivity index (χ4v) is 2.76. The number of aryl methyl sites for hydroxylation is 1. The van der Waals surface area contributed by atoms with Crippen molar-refractivity contribution in [3.8, 4) is 5.69 Å². The average molecular weight is 319 g/mol. The van der Waals surface area contributed by atoms with Crippen LogP contribution in [0, 0.1) is 11.7 Å². The van der Waals surface area contributed by atoms with Crippen LogP contribution in [0.3, 0.4) is 0 Å². The molecule has 0 aliphatic heterocycles. The van der Waals surface area contributed by atoms with E-state index in [0.29, 0.717) is 0 Å². The highest BCUT2D eigenvalue weighted by atomic mass is 79.9. The smallest absolute Gasteiger partial charge is 0.181 e. The number of benzene rings is 2. The van der Waals surface area contributed by atoms with Crippen LogP contribution in [0.1, 0.15) is 5.69 Å². The van der Waals surface area contributed by atoms with E-state index in [1.807, 2.05) is 23.8 Å². The number of hydrogen-bond donors (Lipinski definition) is 1. The number of H-pyrrole nitrogens is 1. The van der Waals surface area contributed by atoms with Crippen LogP contribution in [0.25, 0.3) is 16.5 Å². The van der Waals surface area contributed by atoms with Gasteiger partial charge >= 0.3 is 0 Å². The van der Waals surface area contributed by atoms with Gasteiger partial charge in [-0.2, -0.15) is 0 Å². The third-order valence-corrected chi connectivity index (χ3v) is 3.70. The molecule has 0 radical (unpaired) electrons. The minimum absolute atomic E-state index is 0.726. The number of fused-ring (bicyclic) bond motifs is 1. The van der Waals surface area contributed by atoms with E-state index >= 15 is 0 Å². The molecule has 18 heavy (non-hydrogen) atoms. The fraction of sp³-hybridized carbons (Fsp3) is 0.0714. The molecule has 3 aromatic rings. The molecule has 1 heterocycles. The lowest BCUT2D eigenvalue weighted by Crippen LogP contribution is -1.91. The van der Waals surface area contributed by atoms with Gasteiger partial charge in [-0.1, -0.05) is 28.1 Å². The van der Waals surface area contributed by atoms with E-state index in [0.717, 1.165) is 20.6 Å². The molecule has 0 bridgehead atoms. The lowest BCUT2D eigenvalue weighted by Gasteiger charge is -2.05. The second-order valence-electron chi connectivity index (χ2n) is 4.29. The minimum Gasteiger partial charge on any atom is -0.335 e. The Labute approximate surface area is 118 Å². The predicted molar refractivity (Wildman–Crippen MR) is 80.9 cm³/mol. The molecule has 90 valence electrons. The van der Waals surface area contributed by atoms with Crippen LogP contribution in [-0.4, -0.2) is 9.55 Å². The summed E-state index contributed by atoms with van der Waals surface area (Å²) in [5, 5.41) is 2.42. The molecular formula is C14H11BrN2S. The molecule has 0 aliphatic carbocycles. The summed E-state index contributed by atoms with van der Waals surface area (Å²) < 4.78 is 3.81. The van der Waals surface area contributed by atoms with Crippen molar-refractivity contribution < 1.29 is 0 Å². The van der Waals surface area contributed by atoms with Crippen molar-refractivity contribution in [1.82, 2.24) is 9.55 Å². The van der Waals surface area contributed by atoms with Gasteiger partial charge in [-0.15, -0.1) is 0 Å². The summed E-state index contributed by atoms with van der Waals surface area (Å²) in [6.45, 7) is 2.00. The summed E-state index contributed by atoms with van der Waals surface area (Å²) in [5.74, 6) is 0. The van der Waals surface area contributed by atoms with E-state index in [-0.39, 0.29) is 0 Å². The van der Waals surface area contributed by atoms with Crippen LogP contribution >= 0.6 is 28.1 Å². The van der Waals surface area contributed by atoms with E-state index in [2.05, 4.69) is 51.2 Å². The second kappa shape index (κ2) is 4.37. The number of imidazole rings is 1. The molecule has 4 heteroatoms. The van der Waals surface area contributed by atoms with Gasteiger partial charge in [0.1, 0.15) is 0 Å². The normalized spacial score (nSPS) is 11.0. The maximum atomic E-state index is 5.30. The molecule has 0 saturated carbocycles. The van der Waals surface area contributed by atoms with Crippen molar-refractivity contribution in [1.29, 1.82) is 0 Å². The fourth-order valence-electron chi connectivity index (χ4n) is 2.06. The highest BCUT2D eigenvalue weighted by Gasteiger charge is 2.02. The minimum atomic E-state index is 0.726. The summed E-state index contributed by atoms with van der Waals surface area (Å²) >= 11 is 8.78. The van der Waals surface area contributed by atoms with Crippen LogP contribution in [0.4, 0.5) is 0 Å². The number of nitrogens with zero attached hydrogens (tertiary/aromatic N) is 1. The quantitative estimate of drug-likeness (QED) is 0.641. The van der Waals surface area contributed by atoms with Crippen molar-refractivity contribution in [3.05, 3.63) is 57.5 Å². The first-order valence-corrected chi connectivity index (χ1v) is 6.81. The topological polar surface area (TPSA) is 20.7 Å². The van der Waals surface area contributed by atoms with Gasteiger partial charge in [-0.05, 0) is 54.2 Å². The molecule has 0 spiro atoms. The lowest BCUT2D eigenvalue weighted by atomic mass is 10.1. The maximum absolute atomic E-state index is 5.30. The first-order chi connectivity index (χ1) is 8.63. The number of halogens is 1. The van der Waals surface area contributed by atoms with Gasteiger partial charge < -0.3 is 4.98 Å². The van der Waals surface area contributed by atoms with E-state index in [4.69, 9.17) is 12.2 Å². The molecule has 0 amide bonds. The number of aromatic amines is 1. The first-order valence-electron chi connectivity index (χ1n) is 5.61. The molecule has 0 aliphatic rings. The molecular weight excluding hydrogens is 308 g/mol. The zero-order chi connectivity index (χ0) is 12.7. The summed E-state index contributed by atoms with van der Waals surface area (Å²) in [6, 6.07) is 12.6. The standard InChI is InChI=1S/C14H11BrN2S/c1-9-8-17(14(18)16-9)13-5-3-10-6-12(15)4-2-11(10)7-13/h2-8H,1H3,(H,16,18). The molecule has 2 aromatic carbocycles. The molecule has 0 atom stereocenters. The number of rotatable bonds is 1. The van der Waals surface area contributed by atoms with Crippen LogP contribution in [-0.2, 0) is 0 Å². The third kappa shape index (κ3) is 2.02. The number of aromatic nitrogens is 2. The monoisotopic (exact) mass is 318 g/mol. The zero-order valence-electron chi connectivity index (χ0n) is 9.77. The summed E-state index contributed by atoms with van der Waals surface area (Å²) in [5.41, 5.74) is 2.15. The van der Waals surface area contributed by atoms with E-state index in [1.165, 1.54) is 10.8 Å².